The molecule has 11 nitrogen and oxygen atoms in total. The van der Waals surface area contributed by atoms with Gasteiger partial charge < -0.3 is 30.7 Å². The van der Waals surface area contributed by atoms with E-state index in [1.807, 2.05) is 36.4 Å². The zero-order valence-electron chi connectivity index (χ0n) is 24.4. The molecular formula is C32H36N4O7S. The molecule has 3 aliphatic rings. The summed E-state index contributed by atoms with van der Waals surface area (Å²) in [6.45, 7) is 2.00. The first kappa shape index (κ1) is 31.1. The molecule has 0 spiro atoms. The molecule has 0 aromatic heterocycles. The lowest BCUT2D eigenvalue weighted by Gasteiger charge is -2.37. The van der Waals surface area contributed by atoms with E-state index in [0.717, 1.165) is 22.3 Å². The van der Waals surface area contributed by atoms with Gasteiger partial charge in [0.25, 0.3) is 0 Å². The minimum absolute atomic E-state index is 0.00503. The van der Waals surface area contributed by atoms with Crippen LogP contribution in [0.2, 0.25) is 0 Å². The number of nitrogens with one attached hydrogen (secondary N) is 2. The second-order valence-corrected chi connectivity index (χ2v) is 12.1. The lowest BCUT2D eigenvalue weighted by molar-refractivity contribution is -0.143. The van der Waals surface area contributed by atoms with Gasteiger partial charge in [-0.25, -0.2) is 9.59 Å². The maximum atomic E-state index is 13.6. The van der Waals surface area contributed by atoms with Crippen molar-refractivity contribution < 1.29 is 33.4 Å². The van der Waals surface area contributed by atoms with Crippen molar-refractivity contribution in [1.29, 1.82) is 0 Å². The monoisotopic (exact) mass is 620 g/mol. The Labute approximate surface area is 259 Å². The van der Waals surface area contributed by atoms with E-state index < -0.39 is 42.0 Å². The van der Waals surface area contributed by atoms with Crippen LogP contribution in [0.3, 0.4) is 0 Å². The third kappa shape index (κ3) is 6.91. The van der Waals surface area contributed by atoms with Crippen LogP contribution in [-0.2, 0) is 28.7 Å². The van der Waals surface area contributed by atoms with E-state index in [4.69, 9.17) is 15.2 Å². The van der Waals surface area contributed by atoms with Gasteiger partial charge >= 0.3 is 12.1 Å². The minimum atomic E-state index is -0.828. The molecule has 232 valence electrons. The summed E-state index contributed by atoms with van der Waals surface area (Å²) in [5.74, 6) is -1.62. The number of rotatable bonds is 11. The molecular weight excluding hydrogens is 584 g/mol. The number of nitrogens with zero attached hydrogens (tertiary/aromatic N) is 1. The van der Waals surface area contributed by atoms with E-state index in [9.17, 15) is 24.0 Å². The zero-order valence-corrected chi connectivity index (χ0v) is 25.2. The number of nitrogens with two attached hydrogens (primary N) is 1. The molecule has 2 aromatic rings. The first-order valence-corrected chi connectivity index (χ1v) is 15.8. The highest BCUT2D eigenvalue weighted by atomic mass is 32.2. The first-order chi connectivity index (χ1) is 21.3. The van der Waals surface area contributed by atoms with Crippen LogP contribution >= 0.6 is 11.8 Å². The third-order valence-corrected chi connectivity index (χ3v) is 9.42. The maximum Gasteiger partial charge on any atom is 0.407 e. The molecule has 0 saturated carbocycles. The number of alkyl carbamates (subject to hydrolysis) is 1. The summed E-state index contributed by atoms with van der Waals surface area (Å²) < 4.78 is 10.5. The number of fused-ring (bicyclic) bond motifs is 4. The van der Waals surface area contributed by atoms with Gasteiger partial charge in [-0.2, -0.15) is 0 Å². The van der Waals surface area contributed by atoms with Gasteiger partial charge in [0.05, 0.1) is 12.0 Å². The zero-order chi connectivity index (χ0) is 31.2. The average molecular weight is 621 g/mol. The van der Waals surface area contributed by atoms with Crippen LogP contribution in [0.25, 0.3) is 11.1 Å². The summed E-state index contributed by atoms with van der Waals surface area (Å²) in [7, 11) is 0. The highest BCUT2D eigenvalue weighted by Gasteiger charge is 2.47. The molecule has 2 aromatic carbocycles. The summed E-state index contributed by atoms with van der Waals surface area (Å²) in [6, 6.07) is 13.8. The van der Waals surface area contributed by atoms with Gasteiger partial charge in [-0.3, -0.25) is 14.4 Å². The van der Waals surface area contributed by atoms with E-state index in [2.05, 4.69) is 22.8 Å². The summed E-state index contributed by atoms with van der Waals surface area (Å²) in [6.07, 6.45) is 3.17. The molecule has 2 fully saturated rings. The van der Waals surface area contributed by atoms with Gasteiger partial charge in [0.15, 0.2) is 0 Å². The SMILES string of the molecule is CCOC(=O)/C=C/[C@H](CCC(N)=O)NC(=O)[C@@H]1CSC2CC[C@H](NC(=O)OCC3c4ccccc4-c4ccccc43)C(=O)N21. The van der Waals surface area contributed by atoms with Gasteiger partial charge in [0.2, 0.25) is 17.7 Å². The number of carbonyl (C=O) groups excluding carboxylic acids is 5. The van der Waals surface area contributed by atoms with Crippen LogP contribution in [0.5, 0.6) is 0 Å². The molecule has 0 radical (unpaired) electrons. The van der Waals surface area contributed by atoms with Crippen molar-refractivity contribution in [2.75, 3.05) is 19.0 Å². The lowest BCUT2D eigenvalue weighted by atomic mass is 9.98. The van der Waals surface area contributed by atoms with Crippen molar-refractivity contribution in [1.82, 2.24) is 15.5 Å². The van der Waals surface area contributed by atoms with Crippen molar-refractivity contribution in [3.63, 3.8) is 0 Å². The van der Waals surface area contributed by atoms with E-state index in [0.29, 0.717) is 18.6 Å². The molecule has 12 heteroatoms. The number of hydrogen-bond acceptors (Lipinski definition) is 8. The van der Waals surface area contributed by atoms with E-state index >= 15 is 0 Å². The van der Waals surface area contributed by atoms with Crippen LogP contribution in [0, 0.1) is 0 Å². The van der Waals surface area contributed by atoms with Crippen molar-refractivity contribution in [2.24, 2.45) is 5.73 Å². The molecule has 2 saturated heterocycles. The number of hydrogen-bond donors (Lipinski definition) is 3. The highest BCUT2D eigenvalue weighted by Crippen LogP contribution is 2.44. The Bertz CT molecular complexity index is 1420. The summed E-state index contributed by atoms with van der Waals surface area (Å²) >= 11 is 1.51. The average Bonchev–Trinajstić information content (AvgIpc) is 3.59. The number of amides is 4. The molecule has 44 heavy (non-hydrogen) atoms. The number of esters is 1. The fourth-order valence-electron chi connectivity index (χ4n) is 5.99. The Balaban J connectivity index is 1.19. The van der Waals surface area contributed by atoms with E-state index in [-0.39, 0.29) is 43.3 Å². The number of ether oxygens (including phenoxy) is 2. The Kier molecular flexibility index (Phi) is 9.89. The molecule has 5 rings (SSSR count). The summed E-state index contributed by atoms with van der Waals surface area (Å²) in [5, 5.41) is 5.36. The fraction of sp³-hybridized carbons (Fsp3) is 0.406. The Morgan fingerprint density at radius 1 is 1.05 bits per heavy atom. The van der Waals surface area contributed by atoms with Gasteiger partial charge in [-0.15, -0.1) is 11.8 Å². The molecule has 4 N–H and O–H groups in total. The summed E-state index contributed by atoms with van der Waals surface area (Å²) in [4.78, 5) is 64.5. The fourth-order valence-corrected chi connectivity index (χ4v) is 7.42. The number of primary amides is 1. The van der Waals surface area contributed by atoms with Crippen LogP contribution in [-0.4, -0.2) is 77.2 Å². The molecule has 2 heterocycles. The maximum absolute atomic E-state index is 13.6. The van der Waals surface area contributed by atoms with E-state index in [1.54, 1.807) is 6.92 Å². The van der Waals surface area contributed by atoms with Gasteiger partial charge in [-0.05, 0) is 48.4 Å². The first-order valence-electron chi connectivity index (χ1n) is 14.8. The minimum Gasteiger partial charge on any atom is -0.463 e. The molecule has 0 bridgehead atoms. The van der Waals surface area contributed by atoms with Gasteiger partial charge in [0.1, 0.15) is 18.7 Å². The molecule has 1 aliphatic carbocycles. The predicted octanol–water partition coefficient (Wildman–Crippen LogP) is 2.83. The second-order valence-electron chi connectivity index (χ2n) is 10.9. The largest absolute Gasteiger partial charge is 0.463 e. The quantitative estimate of drug-likeness (QED) is 0.256. The van der Waals surface area contributed by atoms with E-state index in [1.165, 1.54) is 28.8 Å². The summed E-state index contributed by atoms with van der Waals surface area (Å²) in [5.41, 5.74) is 9.71. The molecule has 4 atom stereocenters. The van der Waals surface area contributed by atoms with Gasteiger partial charge in [0, 0.05) is 30.2 Å². The van der Waals surface area contributed by atoms with Crippen molar-refractivity contribution in [2.45, 2.75) is 62.0 Å². The molecule has 4 amide bonds. The van der Waals surface area contributed by atoms with Crippen LogP contribution < -0.4 is 16.4 Å². The normalized spacial score (nSPS) is 21.2. The number of carbonyl (C=O) groups is 5. The van der Waals surface area contributed by atoms with Crippen LogP contribution in [0.15, 0.2) is 60.7 Å². The Morgan fingerprint density at radius 2 is 1.73 bits per heavy atom. The standard InChI is InChI=1S/C32H36N4O7S/c1-2-42-29(38)16-12-19(11-14-27(33)37)34-30(39)26-18-44-28-15-13-25(31(40)36(26)28)35-32(41)43-17-24-22-9-5-3-7-20(22)21-8-4-6-10-23(21)24/h3-10,12,16,19,24-26,28H,2,11,13-15,17-18H2,1H3,(H2,33,37)(H,34,39)(H,35,41)/b16-12+/t19-,25-,26-,28?/m0/s1. The Morgan fingerprint density at radius 3 is 2.39 bits per heavy atom. The van der Waals surface area contributed by atoms with Crippen molar-refractivity contribution in [3.05, 3.63) is 71.8 Å². The predicted molar refractivity (Wildman–Crippen MR) is 164 cm³/mol. The van der Waals surface area contributed by atoms with Crippen LogP contribution in [0.4, 0.5) is 4.79 Å². The number of piperidine rings is 1. The number of thioether (sulfide) groups is 1. The Hall–Kier alpha value is -4.32. The lowest BCUT2D eigenvalue weighted by Crippen LogP contribution is -2.59. The molecule has 1 unspecified atom stereocenters. The topological polar surface area (TPSA) is 157 Å². The van der Waals surface area contributed by atoms with Crippen molar-refractivity contribution in [3.8, 4) is 11.1 Å². The smallest absolute Gasteiger partial charge is 0.407 e. The second kappa shape index (κ2) is 14.0. The van der Waals surface area contributed by atoms with Crippen molar-refractivity contribution >= 4 is 41.5 Å². The molecule has 2 aliphatic heterocycles. The van der Waals surface area contributed by atoms with Gasteiger partial charge in [-0.1, -0.05) is 54.6 Å². The van der Waals surface area contributed by atoms with Crippen LogP contribution in [0.1, 0.15) is 49.7 Å². The third-order valence-electron chi connectivity index (χ3n) is 8.07. The number of benzene rings is 2. The highest BCUT2D eigenvalue weighted by molar-refractivity contribution is 8.00.